The van der Waals surface area contributed by atoms with Gasteiger partial charge in [0.15, 0.2) is 0 Å². The van der Waals surface area contributed by atoms with Crippen molar-refractivity contribution in [2.75, 3.05) is 13.7 Å². The molecule has 1 aliphatic rings. The van der Waals surface area contributed by atoms with Crippen molar-refractivity contribution >= 4 is 5.91 Å². The summed E-state index contributed by atoms with van der Waals surface area (Å²) < 4.78 is 10.9. The Bertz CT molecular complexity index is 766. The zero-order chi connectivity index (χ0) is 18.2. The highest BCUT2D eigenvalue weighted by Crippen LogP contribution is 2.67. The summed E-state index contributed by atoms with van der Waals surface area (Å²) in [6.07, 6.45) is 0.0791. The summed E-state index contributed by atoms with van der Waals surface area (Å²) in [7, 11) is 1.59. The topological polar surface area (TPSA) is 77.2 Å². The molecular weight excluding hydrogens is 318 g/mol. The Balaban J connectivity index is 1.59. The maximum absolute atomic E-state index is 12.2. The number of para-hydroxylation sites is 1. The molecular formula is C19H25N3O3. The van der Waals surface area contributed by atoms with E-state index < -0.39 is 0 Å². The van der Waals surface area contributed by atoms with Crippen LogP contribution in [0.4, 0.5) is 0 Å². The predicted molar refractivity (Wildman–Crippen MR) is 94.1 cm³/mol. The monoisotopic (exact) mass is 343 g/mol. The lowest BCUT2D eigenvalue weighted by atomic mass is 10.0. The Kier molecular flexibility index (Phi) is 4.31. The van der Waals surface area contributed by atoms with E-state index in [0.29, 0.717) is 35.6 Å². The van der Waals surface area contributed by atoms with Gasteiger partial charge in [-0.25, -0.2) is 0 Å². The number of methoxy groups -OCH3 is 1. The number of ether oxygens (including phenoxy) is 1. The van der Waals surface area contributed by atoms with E-state index in [1.807, 2.05) is 24.3 Å². The first-order valence-corrected chi connectivity index (χ1v) is 8.50. The summed E-state index contributed by atoms with van der Waals surface area (Å²) in [6.45, 7) is 9.62. The third kappa shape index (κ3) is 3.13. The molecule has 1 amide bonds. The van der Waals surface area contributed by atoms with Crippen molar-refractivity contribution < 1.29 is 13.9 Å². The van der Waals surface area contributed by atoms with E-state index in [1.54, 1.807) is 7.11 Å². The van der Waals surface area contributed by atoms with E-state index in [0.717, 1.165) is 0 Å². The molecule has 0 bridgehead atoms. The first-order chi connectivity index (χ1) is 11.8. The van der Waals surface area contributed by atoms with Crippen molar-refractivity contribution in [2.45, 2.75) is 34.1 Å². The average Bonchev–Trinajstić information content (AvgIpc) is 2.90. The number of hydrogen-bond acceptors (Lipinski definition) is 5. The van der Waals surface area contributed by atoms with Crippen LogP contribution in [0.5, 0.6) is 5.75 Å². The highest BCUT2D eigenvalue weighted by atomic mass is 16.5. The number of amides is 1. The van der Waals surface area contributed by atoms with Crippen molar-refractivity contribution in [3.63, 3.8) is 0 Å². The standard InChI is InChI=1S/C19H25N3O3/c1-18(2)14(19(18,3)4)11-20-15(23)10-16-21-22-17(25-16)12-8-6-7-9-13(12)24-5/h6-9,14H,10-11H2,1-5H3,(H,20,23). The summed E-state index contributed by atoms with van der Waals surface area (Å²) in [5.41, 5.74) is 1.22. The Morgan fingerprint density at radius 3 is 2.52 bits per heavy atom. The van der Waals surface area contributed by atoms with Crippen LogP contribution < -0.4 is 10.1 Å². The van der Waals surface area contributed by atoms with Gasteiger partial charge in [0.25, 0.3) is 5.89 Å². The first-order valence-electron chi connectivity index (χ1n) is 8.50. The normalized spacial score (nSPS) is 18.0. The van der Waals surface area contributed by atoms with Crippen molar-refractivity contribution in [1.29, 1.82) is 0 Å². The van der Waals surface area contributed by atoms with Gasteiger partial charge in [0.05, 0.1) is 12.7 Å². The molecule has 2 aromatic rings. The molecule has 0 atom stereocenters. The maximum atomic E-state index is 12.2. The lowest BCUT2D eigenvalue weighted by Gasteiger charge is -2.05. The Morgan fingerprint density at radius 2 is 1.88 bits per heavy atom. The smallest absolute Gasteiger partial charge is 0.251 e. The molecule has 0 unspecified atom stereocenters. The van der Waals surface area contributed by atoms with Crippen molar-refractivity contribution in [3.05, 3.63) is 30.2 Å². The summed E-state index contributed by atoms with van der Waals surface area (Å²) in [4.78, 5) is 12.2. The average molecular weight is 343 g/mol. The van der Waals surface area contributed by atoms with E-state index in [9.17, 15) is 4.79 Å². The summed E-state index contributed by atoms with van der Waals surface area (Å²) >= 11 is 0. The van der Waals surface area contributed by atoms with Crippen molar-refractivity contribution in [2.24, 2.45) is 16.7 Å². The third-order valence-electron chi connectivity index (χ3n) is 5.94. The van der Waals surface area contributed by atoms with E-state index in [-0.39, 0.29) is 23.2 Å². The molecule has 6 nitrogen and oxygen atoms in total. The maximum Gasteiger partial charge on any atom is 0.251 e. The molecule has 134 valence electrons. The fourth-order valence-electron chi connectivity index (χ4n) is 3.51. The number of benzene rings is 1. The second-order valence-electron chi connectivity index (χ2n) is 7.68. The second kappa shape index (κ2) is 6.17. The minimum absolute atomic E-state index is 0.0791. The molecule has 25 heavy (non-hydrogen) atoms. The third-order valence-corrected chi connectivity index (χ3v) is 5.94. The zero-order valence-electron chi connectivity index (χ0n) is 15.4. The van der Waals surface area contributed by atoms with Crippen molar-refractivity contribution in [1.82, 2.24) is 15.5 Å². The van der Waals surface area contributed by atoms with Gasteiger partial charge in [-0.1, -0.05) is 39.8 Å². The van der Waals surface area contributed by atoms with E-state index >= 15 is 0 Å². The van der Waals surface area contributed by atoms with Gasteiger partial charge in [0.2, 0.25) is 11.8 Å². The fraction of sp³-hybridized carbons (Fsp3) is 0.526. The number of hydrogen-bond donors (Lipinski definition) is 1. The van der Waals surface area contributed by atoms with Crippen LogP contribution in [0.15, 0.2) is 28.7 Å². The Morgan fingerprint density at radius 1 is 1.20 bits per heavy atom. The molecule has 0 radical (unpaired) electrons. The van der Waals surface area contributed by atoms with Gasteiger partial charge in [-0.2, -0.15) is 0 Å². The van der Waals surface area contributed by atoms with E-state index in [1.165, 1.54) is 0 Å². The minimum Gasteiger partial charge on any atom is -0.496 e. The Labute approximate surface area is 148 Å². The van der Waals surface area contributed by atoms with Gasteiger partial charge < -0.3 is 14.5 Å². The molecule has 1 fully saturated rings. The number of aromatic nitrogens is 2. The van der Waals surface area contributed by atoms with E-state index in [2.05, 4.69) is 43.2 Å². The van der Waals surface area contributed by atoms with Crippen LogP contribution in [-0.2, 0) is 11.2 Å². The van der Waals surface area contributed by atoms with Gasteiger partial charge in [-0.15, -0.1) is 10.2 Å². The molecule has 1 aliphatic carbocycles. The molecule has 0 saturated heterocycles. The summed E-state index contributed by atoms with van der Waals surface area (Å²) in [6, 6.07) is 7.40. The van der Waals surface area contributed by atoms with Gasteiger partial charge in [0.1, 0.15) is 12.2 Å². The largest absolute Gasteiger partial charge is 0.496 e. The molecule has 6 heteroatoms. The molecule has 0 spiro atoms. The van der Waals surface area contributed by atoms with E-state index in [4.69, 9.17) is 9.15 Å². The lowest BCUT2D eigenvalue weighted by molar-refractivity contribution is -0.120. The molecule has 1 aromatic heterocycles. The molecule has 3 rings (SSSR count). The number of nitrogens with zero attached hydrogens (tertiary/aromatic N) is 2. The highest BCUT2D eigenvalue weighted by Gasteiger charge is 2.64. The summed E-state index contributed by atoms with van der Waals surface area (Å²) in [5.74, 6) is 1.68. The molecule has 1 heterocycles. The summed E-state index contributed by atoms with van der Waals surface area (Å²) in [5, 5.41) is 11.0. The van der Waals surface area contributed by atoms with Crippen LogP contribution >= 0.6 is 0 Å². The van der Waals surface area contributed by atoms with Crippen LogP contribution in [0.2, 0.25) is 0 Å². The zero-order valence-corrected chi connectivity index (χ0v) is 15.4. The van der Waals surface area contributed by atoms with Crippen LogP contribution in [0.1, 0.15) is 33.6 Å². The molecule has 1 N–H and O–H groups in total. The molecule has 0 aliphatic heterocycles. The number of nitrogens with one attached hydrogen (secondary N) is 1. The van der Waals surface area contributed by atoms with Crippen molar-refractivity contribution in [3.8, 4) is 17.2 Å². The SMILES string of the molecule is COc1ccccc1-c1nnc(CC(=O)NCC2C(C)(C)C2(C)C)o1. The minimum atomic E-state index is -0.103. The van der Waals surface area contributed by atoms with Gasteiger partial charge >= 0.3 is 0 Å². The number of carbonyl (C=O) groups excluding carboxylic acids is 1. The van der Waals surface area contributed by atoms with Crippen LogP contribution in [-0.4, -0.2) is 29.8 Å². The van der Waals surface area contributed by atoms with Gasteiger partial charge in [-0.3, -0.25) is 4.79 Å². The highest BCUT2D eigenvalue weighted by molar-refractivity contribution is 5.77. The second-order valence-corrected chi connectivity index (χ2v) is 7.68. The lowest BCUT2D eigenvalue weighted by Crippen LogP contribution is -2.28. The quantitative estimate of drug-likeness (QED) is 0.872. The Hall–Kier alpha value is -2.37. The fourth-order valence-corrected chi connectivity index (χ4v) is 3.51. The molecule has 1 aromatic carbocycles. The number of carbonyl (C=O) groups is 1. The van der Waals surface area contributed by atoms with Crippen LogP contribution in [0.25, 0.3) is 11.5 Å². The predicted octanol–water partition coefficient (Wildman–Crippen LogP) is 3.09. The van der Waals surface area contributed by atoms with Gasteiger partial charge in [-0.05, 0) is 28.9 Å². The van der Waals surface area contributed by atoms with Crippen LogP contribution in [0.3, 0.4) is 0 Å². The first kappa shape index (κ1) is 17.5. The number of rotatable bonds is 6. The van der Waals surface area contributed by atoms with Gasteiger partial charge in [0, 0.05) is 6.54 Å². The molecule has 1 saturated carbocycles. The van der Waals surface area contributed by atoms with Crippen LogP contribution in [0, 0.1) is 16.7 Å².